The average Bonchev–Trinajstić information content (AvgIpc) is 1.85. The summed E-state index contributed by atoms with van der Waals surface area (Å²) in [6.07, 6.45) is 0. The average molecular weight is 195 g/mol. The fourth-order valence-electron chi connectivity index (χ4n) is 0.622. The van der Waals surface area contributed by atoms with Crippen LogP contribution in [0.4, 0.5) is 4.39 Å². The first-order chi connectivity index (χ1) is 5.08. The lowest BCUT2D eigenvalue weighted by molar-refractivity contribution is 0.104. The largest absolute Gasteiger partial charge is 0.433 e. The Morgan fingerprint density at radius 1 is 1.18 bits per heavy atom. The highest BCUT2D eigenvalue weighted by Crippen LogP contribution is 2.26. The van der Waals surface area contributed by atoms with Crippen molar-refractivity contribution in [2.24, 2.45) is 0 Å². The zero-order valence-corrected chi connectivity index (χ0v) is 6.94. The van der Waals surface area contributed by atoms with Crippen molar-refractivity contribution >= 4 is 23.2 Å². The lowest BCUT2D eigenvalue weighted by atomic mass is 10.3. The number of hydrogen-bond donors (Lipinski definition) is 0. The van der Waals surface area contributed by atoms with Gasteiger partial charge in [0.2, 0.25) is 0 Å². The Morgan fingerprint density at radius 2 is 1.73 bits per heavy atom. The van der Waals surface area contributed by atoms with Crippen LogP contribution in [0.3, 0.4) is 0 Å². The third-order valence-corrected chi connectivity index (χ3v) is 1.13. The number of rotatable bonds is 2. The summed E-state index contributed by atoms with van der Waals surface area (Å²) >= 11 is 9.89. The Balaban J connectivity index is 2.66. The first kappa shape index (κ1) is 8.62. The van der Waals surface area contributed by atoms with E-state index in [1.807, 2.05) is 0 Å². The van der Waals surface area contributed by atoms with Gasteiger partial charge in [0.1, 0.15) is 5.75 Å². The van der Waals surface area contributed by atoms with Gasteiger partial charge in [0.25, 0.3) is 0 Å². The van der Waals surface area contributed by atoms with Gasteiger partial charge >= 0.3 is 4.77 Å². The van der Waals surface area contributed by atoms with Gasteiger partial charge in [-0.3, -0.25) is 0 Å². The normalized spacial score (nSPS) is 11.2. The zero-order valence-electron chi connectivity index (χ0n) is 5.43. The van der Waals surface area contributed by atoms with E-state index in [0.717, 1.165) is 0 Å². The van der Waals surface area contributed by atoms with Gasteiger partial charge in [-0.05, 0) is 35.3 Å². The van der Waals surface area contributed by atoms with Crippen molar-refractivity contribution in [1.82, 2.24) is 0 Å². The molecular weight excluding hydrogens is 190 g/mol. The van der Waals surface area contributed by atoms with Crippen molar-refractivity contribution < 1.29 is 9.13 Å². The Labute approximate surface area is 73.7 Å². The SMILES string of the molecule is FC(Cl)(Cl)Oc1ccccc1. The number of ether oxygens (including phenoxy) is 1. The maximum atomic E-state index is 12.4. The highest BCUT2D eigenvalue weighted by Gasteiger charge is 2.23. The minimum absolute atomic E-state index is 0.292. The molecule has 0 fully saturated rings. The lowest BCUT2D eigenvalue weighted by Gasteiger charge is -2.10. The molecule has 0 amide bonds. The van der Waals surface area contributed by atoms with E-state index >= 15 is 0 Å². The number of para-hydroxylation sites is 1. The van der Waals surface area contributed by atoms with Crippen LogP contribution in [0.15, 0.2) is 30.3 Å². The fourth-order valence-corrected chi connectivity index (χ4v) is 0.800. The Bertz CT molecular complexity index is 220. The number of hydrogen-bond acceptors (Lipinski definition) is 1. The highest BCUT2D eigenvalue weighted by atomic mass is 35.5. The molecule has 60 valence electrons. The van der Waals surface area contributed by atoms with E-state index in [1.165, 1.54) is 0 Å². The quantitative estimate of drug-likeness (QED) is 0.658. The van der Waals surface area contributed by atoms with Gasteiger partial charge in [0, 0.05) is 0 Å². The Kier molecular flexibility index (Phi) is 2.58. The van der Waals surface area contributed by atoms with Crippen molar-refractivity contribution in [3.05, 3.63) is 30.3 Å². The molecule has 4 heteroatoms. The molecule has 1 aromatic rings. The monoisotopic (exact) mass is 194 g/mol. The number of benzene rings is 1. The Hall–Kier alpha value is -0.470. The first-order valence-electron chi connectivity index (χ1n) is 2.89. The van der Waals surface area contributed by atoms with E-state index < -0.39 is 4.77 Å². The van der Waals surface area contributed by atoms with Crippen LogP contribution in [0.5, 0.6) is 5.75 Å². The summed E-state index contributed by atoms with van der Waals surface area (Å²) in [6.45, 7) is 0. The van der Waals surface area contributed by atoms with E-state index in [0.29, 0.717) is 5.75 Å². The van der Waals surface area contributed by atoms with Crippen molar-refractivity contribution in [3.63, 3.8) is 0 Å². The predicted octanol–water partition coefficient (Wildman–Crippen LogP) is 3.12. The summed E-state index contributed by atoms with van der Waals surface area (Å²) in [7, 11) is 0. The molecule has 0 heterocycles. The third kappa shape index (κ3) is 3.44. The van der Waals surface area contributed by atoms with Crippen LogP contribution in [-0.4, -0.2) is 4.77 Å². The molecule has 11 heavy (non-hydrogen) atoms. The molecule has 1 nitrogen and oxygen atoms in total. The number of alkyl halides is 3. The summed E-state index contributed by atoms with van der Waals surface area (Å²) in [5.74, 6) is 0.292. The van der Waals surface area contributed by atoms with Crippen LogP contribution >= 0.6 is 23.2 Å². The van der Waals surface area contributed by atoms with Crippen LogP contribution in [0, 0.1) is 0 Å². The lowest BCUT2D eigenvalue weighted by Crippen LogP contribution is -2.13. The smallest absolute Gasteiger partial charge is 0.410 e. The predicted molar refractivity (Wildman–Crippen MR) is 42.6 cm³/mol. The molecule has 0 saturated heterocycles. The van der Waals surface area contributed by atoms with Crippen LogP contribution in [0.25, 0.3) is 0 Å². The molecule has 0 aliphatic heterocycles. The van der Waals surface area contributed by atoms with Gasteiger partial charge in [-0.1, -0.05) is 18.2 Å². The molecule has 0 aliphatic rings. The van der Waals surface area contributed by atoms with Gasteiger partial charge < -0.3 is 4.74 Å². The molecule has 0 radical (unpaired) electrons. The van der Waals surface area contributed by atoms with Gasteiger partial charge in [-0.25, -0.2) is 0 Å². The third-order valence-electron chi connectivity index (χ3n) is 0.977. The molecule has 0 aliphatic carbocycles. The van der Waals surface area contributed by atoms with Crippen LogP contribution in [0.2, 0.25) is 0 Å². The molecule has 0 saturated carbocycles. The van der Waals surface area contributed by atoms with E-state index in [9.17, 15) is 4.39 Å². The minimum atomic E-state index is -2.65. The summed E-state index contributed by atoms with van der Waals surface area (Å²) < 4.78 is 14.2. The molecule has 0 spiro atoms. The summed E-state index contributed by atoms with van der Waals surface area (Å²) in [6, 6.07) is 8.26. The maximum absolute atomic E-state index is 12.4. The van der Waals surface area contributed by atoms with Crippen LogP contribution in [0.1, 0.15) is 0 Å². The van der Waals surface area contributed by atoms with Crippen molar-refractivity contribution in [3.8, 4) is 5.75 Å². The second-order valence-electron chi connectivity index (χ2n) is 1.86. The van der Waals surface area contributed by atoms with Crippen molar-refractivity contribution in [2.45, 2.75) is 4.77 Å². The fraction of sp³-hybridized carbons (Fsp3) is 0.143. The van der Waals surface area contributed by atoms with Gasteiger partial charge in [0.15, 0.2) is 0 Å². The zero-order chi connectivity index (χ0) is 8.32. The van der Waals surface area contributed by atoms with Crippen molar-refractivity contribution in [2.75, 3.05) is 0 Å². The molecule has 0 aromatic heterocycles. The van der Waals surface area contributed by atoms with Gasteiger partial charge in [-0.15, -0.1) is 0 Å². The van der Waals surface area contributed by atoms with E-state index in [4.69, 9.17) is 23.2 Å². The summed E-state index contributed by atoms with van der Waals surface area (Å²) in [5.41, 5.74) is 0. The molecule has 1 aromatic carbocycles. The number of halogens is 3. The molecule has 0 bridgehead atoms. The highest BCUT2D eigenvalue weighted by molar-refractivity contribution is 6.46. The van der Waals surface area contributed by atoms with Gasteiger partial charge in [-0.2, -0.15) is 4.39 Å². The van der Waals surface area contributed by atoms with Gasteiger partial charge in [0.05, 0.1) is 0 Å². The summed E-state index contributed by atoms with van der Waals surface area (Å²) in [4.78, 5) is 0. The molecule has 0 unspecified atom stereocenters. The van der Waals surface area contributed by atoms with E-state index in [1.54, 1.807) is 30.3 Å². The molecular formula is C7H5Cl2FO. The topological polar surface area (TPSA) is 9.23 Å². The van der Waals surface area contributed by atoms with Crippen LogP contribution in [-0.2, 0) is 0 Å². The second kappa shape index (κ2) is 3.28. The Morgan fingerprint density at radius 3 is 2.18 bits per heavy atom. The first-order valence-corrected chi connectivity index (χ1v) is 3.64. The van der Waals surface area contributed by atoms with E-state index in [2.05, 4.69) is 4.74 Å². The maximum Gasteiger partial charge on any atom is 0.410 e. The van der Waals surface area contributed by atoms with E-state index in [-0.39, 0.29) is 0 Å². The minimum Gasteiger partial charge on any atom is -0.433 e. The molecule has 0 N–H and O–H groups in total. The summed E-state index contributed by atoms with van der Waals surface area (Å²) in [5, 5.41) is 0. The standard InChI is InChI=1S/C7H5Cl2FO/c8-7(9,10)11-6-4-2-1-3-5-6/h1-5H. The molecule has 0 atom stereocenters. The van der Waals surface area contributed by atoms with Crippen molar-refractivity contribution in [1.29, 1.82) is 0 Å². The molecule has 1 rings (SSSR count). The van der Waals surface area contributed by atoms with Crippen LogP contribution < -0.4 is 4.74 Å². The second-order valence-corrected chi connectivity index (χ2v) is 3.03.